The molecule has 0 saturated heterocycles. The molecule has 2 aromatic carbocycles. The molecule has 0 spiro atoms. The molecule has 0 heterocycles. The maximum absolute atomic E-state index is 10.4. The van der Waals surface area contributed by atoms with Crippen LogP contribution in [0.2, 0.25) is 0 Å². The van der Waals surface area contributed by atoms with Crippen LogP contribution in [0.1, 0.15) is 37.7 Å². The molecule has 2 heteroatoms. The van der Waals surface area contributed by atoms with Crippen molar-refractivity contribution in [2.45, 2.75) is 32.1 Å². The standard InChI is InChI=1S/C20H22O2/c21-20(22)12-8-3-1-2-5-9-17-13-15-19(16-14-17)18-10-6-4-7-11-18/h4-7,9-11,13-16H,1-3,8,12H2,(H,21,22). The van der Waals surface area contributed by atoms with Crippen LogP contribution in [-0.2, 0) is 4.79 Å². The Balaban J connectivity index is 1.77. The lowest BCUT2D eigenvalue weighted by molar-refractivity contribution is -0.137. The number of hydrogen-bond acceptors (Lipinski definition) is 1. The van der Waals surface area contributed by atoms with Gasteiger partial charge < -0.3 is 5.11 Å². The van der Waals surface area contributed by atoms with E-state index >= 15 is 0 Å². The van der Waals surface area contributed by atoms with Crippen LogP contribution in [0.3, 0.4) is 0 Å². The third-order valence-corrected chi connectivity index (χ3v) is 3.59. The zero-order chi connectivity index (χ0) is 15.6. The SMILES string of the molecule is O=C(O)CCCCCC=Cc1ccc(-c2ccccc2)cc1. The van der Waals surface area contributed by atoms with Crippen molar-refractivity contribution in [3.63, 3.8) is 0 Å². The highest BCUT2D eigenvalue weighted by Crippen LogP contribution is 2.19. The lowest BCUT2D eigenvalue weighted by Gasteiger charge is -2.02. The van der Waals surface area contributed by atoms with E-state index in [9.17, 15) is 4.79 Å². The predicted molar refractivity (Wildman–Crippen MR) is 91.6 cm³/mol. The summed E-state index contributed by atoms with van der Waals surface area (Å²) in [5, 5.41) is 8.56. The van der Waals surface area contributed by atoms with E-state index in [1.807, 2.05) is 18.2 Å². The van der Waals surface area contributed by atoms with Gasteiger partial charge in [-0.3, -0.25) is 4.79 Å². The number of carbonyl (C=O) groups is 1. The zero-order valence-electron chi connectivity index (χ0n) is 12.7. The molecule has 1 N–H and O–H groups in total. The second kappa shape index (κ2) is 8.83. The highest BCUT2D eigenvalue weighted by atomic mass is 16.4. The summed E-state index contributed by atoms with van der Waals surface area (Å²) in [6.45, 7) is 0. The van der Waals surface area contributed by atoms with Gasteiger partial charge in [-0.1, -0.05) is 73.2 Å². The number of allylic oxidation sites excluding steroid dienone is 1. The van der Waals surface area contributed by atoms with Gasteiger partial charge in [-0.25, -0.2) is 0 Å². The third kappa shape index (κ3) is 5.57. The number of benzene rings is 2. The number of carboxylic acid groups (broad SMARTS) is 1. The van der Waals surface area contributed by atoms with Crippen LogP contribution in [0.4, 0.5) is 0 Å². The van der Waals surface area contributed by atoms with Crippen molar-refractivity contribution in [1.29, 1.82) is 0 Å². The Morgan fingerprint density at radius 3 is 2.23 bits per heavy atom. The normalized spacial score (nSPS) is 10.9. The first kappa shape index (κ1) is 16.0. The molecule has 0 bridgehead atoms. The Kier molecular flexibility index (Phi) is 6.43. The molecule has 0 amide bonds. The van der Waals surface area contributed by atoms with E-state index < -0.39 is 5.97 Å². The van der Waals surface area contributed by atoms with Gasteiger partial charge in [-0.15, -0.1) is 0 Å². The van der Waals surface area contributed by atoms with Crippen molar-refractivity contribution in [2.75, 3.05) is 0 Å². The van der Waals surface area contributed by atoms with Crippen molar-refractivity contribution in [1.82, 2.24) is 0 Å². The molecule has 2 aromatic rings. The van der Waals surface area contributed by atoms with E-state index in [-0.39, 0.29) is 6.42 Å². The van der Waals surface area contributed by atoms with Gasteiger partial charge in [0.1, 0.15) is 0 Å². The second-order valence-electron chi connectivity index (χ2n) is 5.38. The molecule has 22 heavy (non-hydrogen) atoms. The molecule has 0 aliphatic heterocycles. The number of hydrogen-bond donors (Lipinski definition) is 1. The predicted octanol–water partition coefficient (Wildman–Crippen LogP) is 5.40. The first-order chi connectivity index (χ1) is 10.8. The highest BCUT2D eigenvalue weighted by molar-refractivity contribution is 5.66. The molecule has 0 fully saturated rings. The summed E-state index contributed by atoms with van der Waals surface area (Å²) in [6.07, 6.45) is 8.37. The third-order valence-electron chi connectivity index (χ3n) is 3.59. The van der Waals surface area contributed by atoms with E-state index in [0.717, 1.165) is 25.7 Å². The minimum atomic E-state index is -0.700. The van der Waals surface area contributed by atoms with Crippen LogP contribution in [0.5, 0.6) is 0 Å². The summed E-state index contributed by atoms with van der Waals surface area (Å²) >= 11 is 0. The zero-order valence-corrected chi connectivity index (χ0v) is 12.7. The fraction of sp³-hybridized carbons (Fsp3) is 0.250. The van der Waals surface area contributed by atoms with Gasteiger partial charge in [0.25, 0.3) is 0 Å². The molecule has 114 valence electrons. The fourth-order valence-electron chi connectivity index (χ4n) is 2.35. The molecule has 0 saturated carbocycles. The number of carboxylic acids is 1. The molecular weight excluding hydrogens is 272 g/mol. The van der Waals surface area contributed by atoms with Gasteiger partial charge in [0.2, 0.25) is 0 Å². The van der Waals surface area contributed by atoms with E-state index in [2.05, 4.69) is 48.6 Å². The fourth-order valence-corrected chi connectivity index (χ4v) is 2.35. The summed E-state index contributed by atoms with van der Waals surface area (Å²) in [6, 6.07) is 18.9. The van der Waals surface area contributed by atoms with E-state index in [1.165, 1.54) is 16.7 Å². The van der Waals surface area contributed by atoms with Crippen LogP contribution in [-0.4, -0.2) is 11.1 Å². The molecule has 0 unspecified atom stereocenters. The molecule has 0 aliphatic carbocycles. The van der Waals surface area contributed by atoms with Crippen molar-refractivity contribution in [2.24, 2.45) is 0 Å². The first-order valence-corrected chi connectivity index (χ1v) is 7.79. The largest absolute Gasteiger partial charge is 0.481 e. The van der Waals surface area contributed by atoms with Crippen LogP contribution in [0, 0.1) is 0 Å². The quantitative estimate of drug-likeness (QED) is 0.662. The van der Waals surface area contributed by atoms with Gasteiger partial charge in [-0.05, 0) is 36.0 Å². The van der Waals surface area contributed by atoms with Gasteiger partial charge in [-0.2, -0.15) is 0 Å². The van der Waals surface area contributed by atoms with Gasteiger partial charge in [0.05, 0.1) is 0 Å². The van der Waals surface area contributed by atoms with Crippen molar-refractivity contribution in [3.8, 4) is 11.1 Å². The Morgan fingerprint density at radius 2 is 1.55 bits per heavy atom. The van der Waals surface area contributed by atoms with Gasteiger partial charge >= 0.3 is 5.97 Å². The maximum Gasteiger partial charge on any atom is 0.303 e. The highest BCUT2D eigenvalue weighted by Gasteiger charge is 1.96. The summed E-state index contributed by atoms with van der Waals surface area (Å²) in [7, 11) is 0. The van der Waals surface area contributed by atoms with Gasteiger partial charge in [0.15, 0.2) is 0 Å². The Hall–Kier alpha value is -2.35. The number of unbranched alkanes of at least 4 members (excludes halogenated alkanes) is 3. The Bertz CT molecular complexity index is 597. The molecule has 0 radical (unpaired) electrons. The summed E-state index contributed by atoms with van der Waals surface area (Å²) in [4.78, 5) is 10.4. The average molecular weight is 294 g/mol. The Morgan fingerprint density at radius 1 is 0.864 bits per heavy atom. The smallest absolute Gasteiger partial charge is 0.303 e. The summed E-state index contributed by atoms with van der Waals surface area (Å²) in [5.74, 6) is -0.700. The van der Waals surface area contributed by atoms with Crippen LogP contribution >= 0.6 is 0 Å². The molecule has 2 rings (SSSR count). The molecule has 2 nitrogen and oxygen atoms in total. The topological polar surface area (TPSA) is 37.3 Å². The lowest BCUT2D eigenvalue weighted by Crippen LogP contribution is -1.93. The van der Waals surface area contributed by atoms with E-state index in [0.29, 0.717) is 0 Å². The maximum atomic E-state index is 10.4. The van der Waals surface area contributed by atoms with Crippen molar-refractivity contribution < 1.29 is 9.90 Å². The summed E-state index contributed by atoms with van der Waals surface area (Å²) in [5.41, 5.74) is 3.66. The number of aliphatic carboxylic acids is 1. The van der Waals surface area contributed by atoms with E-state index in [4.69, 9.17) is 5.11 Å². The second-order valence-corrected chi connectivity index (χ2v) is 5.38. The monoisotopic (exact) mass is 294 g/mol. The first-order valence-electron chi connectivity index (χ1n) is 7.79. The minimum absolute atomic E-state index is 0.282. The van der Waals surface area contributed by atoms with Crippen LogP contribution in [0.15, 0.2) is 60.7 Å². The molecular formula is C20H22O2. The van der Waals surface area contributed by atoms with Crippen LogP contribution in [0.25, 0.3) is 17.2 Å². The molecule has 0 aliphatic rings. The van der Waals surface area contributed by atoms with Crippen molar-refractivity contribution in [3.05, 3.63) is 66.2 Å². The van der Waals surface area contributed by atoms with Gasteiger partial charge in [0, 0.05) is 6.42 Å². The van der Waals surface area contributed by atoms with E-state index in [1.54, 1.807) is 0 Å². The van der Waals surface area contributed by atoms with Crippen molar-refractivity contribution >= 4 is 12.0 Å². The van der Waals surface area contributed by atoms with Crippen LogP contribution < -0.4 is 0 Å². The average Bonchev–Trinajstić information content (AvgIpc) is 2.55. The number of rotatable bonds is 8. The minimum Gasteiger partial charge on any atom is -0.481 e. The molecule has 0 aromatic heterocycles. The molecule has 0 atom stereocenters. The lowest BCUT2D eigenvalue weighted by atomic mass is 10.0. The Labute approximate surface area is 132 Å². The summed E-state index contributed by atoms with van der Waals surface area (Å²) < 4.78 is 0.